The van der Waals surface area contributed by atoms with Crippen molar-refractivity contribution in [2.45, 2.75) is 69.6 Å². The van der Waals surface area contributed by atoms with Gasteiger partial charge in [-0.3, -0.25) is 16.2 Å². The lowest BCUT2D eigenvalue weighted by atomic mass is 9.83. The molecule has 3 rings (SSSR count). The van der Waals surface area contributed by atoms with E-state index in [1.807, 2.05) is 0 Å². The summed E-state index contributed by atoms with van der Waals surface area (Å²) in [6, 6.07) is 1.02. The molecular formula is C15H29N3O. The van der Waals surface area contributed by atoms with Crippen molar-refractivity contribution in [1.82, 2.24) is 10.3 Å². The van der Waals surface area contributed by atoms with E-state index >= 15 is 0 Å². The minimum Gasteiger partial charge on any atom is -0.374 e. The van der Waals surface area contributed by atoms with Crippen molar-refractivity contribution in [2.24, 2.45) is 11.8 Å². The Labute approximate surface area is 117 Å². The number of fused-ring (bicyclic) bond motifs is 1. The predicted molar refractivity (Wildman–Crippen MR) is 76.6 cm³/mol. The Kier molecular flexibility index (Phi) is 4.74. The summed E-state index contributed by atoms with van der Waals surface area (Å²) in [7, 11) is 0. The van der Waals surface area contributed by atoms with Crippen LogP contribution in [0.15, 0.2) is 0 Å². The van der Waals surface area contributed by atoms with Gasteiger partial charge in [0.25, 0.3) is 0 Å². The summed E-state index contributed by atoms with van der Waals surface area (Å²) in [5.41, 5.74) is 3.05. The first-order chi connectivity index (χ1) is 9.36. The third-order valence-electron chi connectivity index (χ3n) is 5.39. The zero-order chi connectivity index (χ0) is 13.1. The van der Waals surface area contributed by atoms with Gasteiger partial charge in [0, 0.05) is 18.6 Å². The molecule has 2 aliphatic heterocycles. The van der Waals surface area contributed by atoms with Crippen molar-refractivity contribution in [2.75, 3.05) is 19.7 Å². The summed E-state index contributed by atoms with van der Waals surface area (Å²) in [5, 5.41) is 0. The number of ether oxygens (including phenoxy) is 1. The average molecular weight is 267 g/mol. The molecule has 0 aromatic rings. The Bertz CT molecular complexity index is 281. The van der Waals surface area contributed by atoms with Gasteiger partial charge >= 0.3 is 0 Å². The lowest BCUT2D eigenvalue weighted by Crippen LogP contribution is -2.56. The van der Waals surface area contributed by atoms with Gasteiger partial charge in [-0.25, -0.2) is 0 Å². The average Bonchev–Trinajstić information content (AvgIpc) is 2.93. The molecule has 3 aliphatic rings. The van der Waals surface area contributed by atoms with Crippen LogP contribution in [0.5, 0.6) is 0 Å². The quantitative estimate of drug-likeness (QED) is 0.601. The maximum Gasteiger partial charge on any atom is 0.0869 e. The van der Waals surface area contributed by atoms with Crippen molar-refractivity contribution >= 4 is 0 Å². The first-order valence-corrected chi connectivity index (χ1v) is 8.18. The molecule has 4 nitrogen and oxygen atoms in total. The molecule has 2 heterocycles. The van der Waals surface area contributed by atoms with Crippen molar-refractivity contribution in [3.8, 4) is 0 Å². The lowest BCUT2D eigenvalue weighted by molar-refractivity contribution is -0.0682. The maximum atomic E-state index is 6.10. The molecule has 1 aliphatic carbocycles. The molecule has 4 heteroatoms. The van der Waals surface area contributed by atoms with Crippen LogP contribution in [0, 0.1) is 5.92 Å². The van der Waals surface area contributed by atoms with Gasteiger partial charge in [0.1, 0.15) is 0 Å². The van der Waals surface area contributed by atoms with Crippen molar-refractivity contribution in [3.63, 3.8) is 0 Å². The molecule has 3 unspecified atom stereocenters. The van der Waals surface area contributed by atoms with E-state index in [2.05, 4.69) is 10.3 Å². The molecule has 2 saturated heterocycles. The molecule has 0 aromatic carbocycles. The number of nitrogens with two attached hydrogens (primary N) is 1. The van der Waals surface area contributed by atoms with Crippen LogP contribution in [0.25, 0.3) is 0 Å². The highest BCUT2D eigenvalue weighted by Crippen LogP contribution is 2.30. The zero-order valence-electron chi connectivity index (χ0n) is 12.0. The monoisotopic (exact) mass is 267 g/mol. The minimum absolute atomic E-state index is 0.293. The van der Waals surface area contributed by atoms with Crippen LogP contribution in [-0.2, 0) is 4.74 Å². The molecule has 0 spiro atoms. The lowest BCUT2D eigenvalue weighted by Gasteiger charge is -2.39. The van der Waals surface area contributed by atoms with E-state index in [0.717, 1.165) is 19.1 Å². The van der Waals surface area contributed by atoms with Gasteiger partial charge in [-0.1, -0.05) is 32.1 Å². The Hall–Kier alpha value is -0.160. The SMILES string of the molecule is NNC(CC1CCCCC1)C1CN2CCCC2CO1. The summed E-state index contributed by atoms with van der Waals surface area (Å²) in [4.78, 5) is 2.61. The first kappa shape index (κ1) is 13.8. The highest BCUT2D eigenvalue weighted by Gasteiger charge is 2.36. The van der Waals surface area contributed by atoms with Gasteiger partial charge in [-0.05, 0) is 31.7 Å². The maximum absolute atomic E-state index is 6.10. The van der Waals surface area contributed by atoms with Gasteiger partial charge in [-0.15, -0.1) is 0 Å². The number of rotatable bonds is 4. The van der Waals surface area contributed by atoms with Crippen LogP contribution in [0.2, 0.25) is 0 Å². The largest absolute Gasteiger partial charge is 0.374 e. The Morgan fingerprint density at radius 3 is 2.79 bits per heavy atom. The van der Waals surface area contributed by atoms with Gasteiger partial charge < -0.3 is 4.74 Å². The van der Waals surface area contributed by atoms with E-state index in [9.17, 15) is 0 Å². The second-order valence-corrected chi connectivity index (χ2v) is 6.68. The molecule has 3 atom stereocenters. The molecule has 0 bridgehead atoms. The number of nitrogens with one attached hydrogen (secondary N) is 1. The van der Waals surface area contributed by atoms with Crippen LogP contribution < -0.4 is 11.3 Å². The van der Waals surface area contributed by atoms with Crippen molar-refractivity contribution < 1.29 is 4.74 Å². The van der Waals surface area contributed by atoms with Gasteiger partial charge in [0.2, 0.25) is 0 Å². The zero-order valence-corrected chi connectivity index (χ0v) is 12.0. The number of hydrogen-bond acceptors (Lipinski definition) is 4. The fraction of sp³-hybridized carbons (Fsp3) is 1.00. The first-order valence-electron chi connectivity index (χ1n) is 8.18. The molecule has 3 N–H and O–H groups in total. The van der Waals surface area contributed by atoms with Crippen LogP contribution in [-0.4, -0.2) is 42.8 Å². The third kappa shape index (κ3) is 3.30. The Morgan fingerprint density at radius 2 is 2.00 bits per heavy atom. The summed E-state index contributed by atoms with van der Waals surface area (Å²) < 4.78 is 6.10. The van der Waals surface area contributed by atoms with Crippen LogP contribution in [0.3, 0.4) is 0 Å². The van der Waals surface area contributed by atoms with Crippen LogP contribution >= 0.6 is 0 Å². The highest BCUT2D eigenvalue weighted by molar-refractivity contribution is 4.90. The molecule has 19 heavy (non-hydrogen) atoms. The highest BCUT2D eigenvalue weighted by atomic mass is 16.5. The van der Waals surface area contributed by atoms with Gasteiger partial charge in [-0.2, -0.15) is 0 Å². The van der Waals surface area contributed by atoms with Gasteiger partial charge in [0.15, 0.2) is 0 Å². The fourth-order valence-electron chi connectivity index (χ4n) is 4.20. The Balaban J connectivity index is 1.52. The standard InChI is InChI=1S/C15H29N3O/c16-17-14(9-12-5-2-1-3-6-12)15-10-18-8-4-7-13(18)11-19-15/h12-15,17H,1-11,16H2. The van der Waals surface area contributed by atoms with E-state index in [4.69, 9.17) is 10.6 Å². The van der Waals surface area contributed by atoms with Crippen LogP contribution in [0.4, 0.5) is 0 Å². The number of hydrazine groups is 1. The molecular weight excluding hydrogens is 238 g/mol. The number of morpholine rings is 1. The summed E-state index contributed by atoms with van der Waals surface area (Å²) >= 11 is 0. The topological polar surface area (TPSA) is 50.5 Å². The number of nitrogens with zero attached hydrogens (tertiary/aromatic N) is 1. The van der Waals surface area contributed by atoms with E-state index in [1.165, 1.54) is 57.9 Å². The molecule has 3 fully saturated rings. The van der Waals surface area contributed by atoms with Crippen molar-refractivity contribution in [3.05, 3.63) is 0 Å². The Morgan fingerprint density at radius 1 is 1.16 bits per heavy atom. The molecule has 0 radical (unpaired) electrons. The van der Waals surface area contributed by atoms with E-state index in [-0.39, 0.29) is 0 Å². The predicted octanol–water partition coefficient (Wildman–Crippen LogP) is 1.65. The van der Waals surface area contributed by atoms with Gasteiger partial charge in [0.05, 0.1) is 12.7 Å². The van der Waals surface area contributed by atoms with E-state index in [0.29, 0.717) is 18.2 Å². The fourth-order valence-corrected chi connectivity index (χ4v) is 4.20. The smallest absolute Gasteiger partial charge is 0.0869 e. The second-order valence-electron chi connectivity index (χ2n) is 6.68. The third-order valence-corrected chi connectivity index (χ3v) is 5.39. The normalized spacial score (nSPS) is 35.2. The second kappa shape index (κ2) is 6.53. The molecule has 1 saturated carbocycles. The summed E-state index contributed by atoms with van der Waals surface area (Å²) in [6.45, 7) is 3.24. The summed E-state index contributed by atoms with van der Waals surface area (Å²) in [6.07, 6.45) is 11.1. The number of hydrogen-bond donors (Lipinski definition) is 2. The van der Waals surface area contributed by atoms with Crippen molar-refractivity contribution in [1.29, 1.82) is 0 Å². The van der Waals surface area contributed by atoms with E-state index < -0.39 is 0 Å². The molecule has 0 amide bonds. The summed E-state index contributed by atoms with van der Waals surface area (Å²) in [5.74, 6) is 6.67. The molecule has 0 aromatic heterocycles. The van der Waals surface area contributed by atoms with E-state index in [1.54, 1.807) is 0 Å². The minimum atomic E-state index is 0.293. The van der Waals surface area contributed by atoms with Crippen LogP contribution in [0.1, 0.15) is 51.4 Å². The molecule has 110 valence electrons.